The van der Waals surface area contributed by atoms with Gasteiger partial charge in [-0.15, -0.1) is 0 Å². The molecule has 1 heterocycles. The van der Waals surface area contributed by atoms with Crippen LogP contribution in [0.4, 0.5) is 0 Å². The predicted octanol–water partition coefficient (Wildman–Crippen LogP) is 2.92. The van der Waals surface area contributed by atoms with E-state index in [1.54, 1.807) is 6.26 Å². The fourth-order valence-electron chi connectivity index (χ4n) is 2.37. The Labute approximate surface area is 113 Å². The van der Waals surface area contributed by atoms with Crippen molar-refractivity contribution in [2.45, 2.75) is 24.7 Å². The van der Waals surface area contributed by atoms with E-state index >= 15 is 0 Å². The Morgan fingerprint density at radius 2 is 2.22 bits per heavy atom. The highest BCUT2D eigenvalue weighted by atomic mass is 32.2. The van der Waals surface area contributed by atoms with Crippen molar-refractivity contribution in [3.8, 4) is 0 Å². The molecule has 1 aliphatic rings. The Morgan fingerprint density at radius 3 is 2.83 bits per heavy atom. The van der Waals surface area contributed by atoms with Crippen LogP contribution < -0.4 is 0 Å². The quantitative estimate of drug-likeness (QED) is 0.781. The fraction of sp³-hybridized carbons (Fsp3) is 0.467. The molecule has 0 aliphatic carbocycles. The maximum atomic E-state index is 11.5. The lowest BCUT2D eigenvalue weighted by Crippen LogP contribution is -2.29. The van der Waals surface area contributed by atoms with Crippen molar-refractivity contribution in [2.24, 2.45) is 0 Å². The van der Waals surface area contributed by atoms with E-state index in [1.165, 1.54) is 24.1 Å². The van der Waals surface area contributed by atoms with Crippen LogP contribution in [-0.2, 0) is 11.2 Å². The molecule has 0 amide bonds. The zero-order valence-electron chi connectivity index (χ0n) is 11.2. The van der Waals surface area contributed by atoms with Gasteiger partial charge in [-0.05, 0) is 47.8 Å². The van der Waals surface area contributed by atoms with E-state index < -0.39 is 11.2 Å². The number of hydrogen-bond acceptors (Lipinski definition) is 2. The van der Waals surface area contributed by atoms with Crippen LogP contribution in [0.1, 0.15) is 25.3 Å². The van der Waals surface area contributed by atoms with Gasteiger partial charge in [0, 0.05) is 19.2 Å². The maximum absolute atomic E-state index is 11.5. The molecule has 98 valence electrons. The first kappa shape index (κ1) is 13.7. The largest absolute Gasteiger partial charge is 0.612 e. The summed E-state index contributed by atoms with van der Waals surface area (Å²) in [6, 6.07) is 8.13. The van der Waals surface area contributed by atoms with Crippen LogP contribution in [0.2, 0.25) is 0 Å². The third-order valence-electron chi connectivity index (χ3n) is 3.37. The summed E-state index contributed by atoms with van der Waals surface area (Å²) < 4.78 is 11.5. The lowest BCUT2D eigenvalue weighted by atomic mass is 9.99. The van der Waals surface area contributed by atoms with E-state index in [4.69, 9.17) is 0 Å². The number of nitrogens with zero attached hydrogens (tertiary/aromatic N) is 1. The summed E-state index contributed by atoms with van der Waals surface area (Å²) in [6.45, 7) is 5.59. The van der Waals surface area contributed by atoms with Gasteiger partial charge in [-0.1, -0.05) is 25.1 Å². The van der Waals surface area contributed by atoms with Crippen molar-refractivity contribution in [2.75, 3.05) is 25.9 Å². The number of benzene rings is 1. The van der Waals surface area contributed by atoms with E-state index in [9.17, 15) is 4.55 Å². The zero-order valence-corrected chi connectivity index (χ0v) is 12.0. The molecule has 0 N–H and O–H groups in total. The van der Waals surface area contributed by atoms with Gasteiger partial charge in [-0.3, -0.25) is 4.90 Å². The Morgan fingerprint density at radius 1 is 1.39 bits per heavy atom. The van der Waals surface area contributed by atoms with Crippen molar-refractivity contribution < 1.29 is 4.55 Å². The lowest BCUT2D eigenvalue weighted by molar-refractivity contribution is 0.302. The molecule has 18 heavy (non-hydrogen) atoms. The van der Waals surface area contributed by atoms with E-state index in [2.05, 4.69) is 30.0 Å². The Bertz CT molecular complexity index is 428. The summed E-state index contributed by atoms with van der Waals surface area (Å²) in [6.07, 6.45) is 6.36. The molecule has 0 spiro atoms. The monoisotopic (exact) mass is 263 g/mol. The molecule has 0 saturated carbocycles. The average molecular weight is 263 g/mol. The third kappa shape index (κ3) is 3.37. The molecule has 1 aromatic rings. The minimum atomic E-state index is -0.891. The topological polar surface area (TPSA) is 26.3 Å². The van der Waals surface area contributed by atoms with Crippen molar-refractivity contribution in [3.63, 3.8) is 0 Å². The fourth-order valence-corrected chi connectivity index (χ4v) is 2.93. The van der Waals surface area contributed by atoms with E-state index in [0.29, 0.717) is 0 Å². The van der Waals surface area contributed by atoms with Gasteiger partial charge in [0.1, 0.15) is 6.26 Å². The summed E-state index contributed by atoms with van der Waals surface area (Å²) >= 11 is -0.891. The lowest BCUT2D eigenvalue weighted by Gasteiger charge is -2.26. The molecule has 0 saturated heterocycles. The van der Waals surface area contributed by atoms with Crippen LogP contribution in [0.3, 0.4) is 0 Å². The Balaban J connectivity index is 2.10. The van der Waals surface area contributed by atoms with Crippen molar-refractivity contribution in [1.29, 1.82) is 0 Å². The van der Waals surface area contributed by atoms with Gasteiger partial charge < -0.3 is 4.55 Å². The molecular formula is C15H21NOS. The van der Waals surface area contributed by atoms with E-state index in [1.807, 2.05) is 12.1 Å². The van der Waals surface area contributed by atoms with Gasteiger partial charge in [-0.25, -0.2) is 0 Å². The first-order valence-corrected chi connectivity index (χ1v) is 8.11. The minimum absolute atomic E-state index is 0.891. The van der Waals surface area contributed by atoms with E-state index in [-0.39, 0.29) is 0 Å². The van der Waals surface area contributed by atoms with Gasteiger partial charge in [0.25, 0.3) is 0 Å². The predicted molar refractivity (Wildman–Crippen MR) is 78.1 cm³/mol. The first-order chi connectivity index (χ1) is 8.70. The van der Waals surface area contributed by atoms with Crippen LogP contribution >= 0.6 is 0 Å². The highest BCUT2D eigenvalue weighted by molar-refractivity contribution is 7.90. The molecule has 1 atom stereocenters. The van der Waals surface area contributed by atoms with Gasteiger partial charge in [-0.2, -0.15) is 0 Å². The highest BCUT2D eigenvalue weighted by Gasteiger charge is 2.13. The molecule has 0 radical (unpaired) electrons. The molecule has 3 heteroatoms. The Kier molecular flexibility index (Phi) is 4.87. The first-order valence-electron chi connectivity index (χ1n) is 6.56. The van der Waals surface area contributed by atoms with Gasteiger partial charge in [0.15, 0.2) is 4.90 Å². The highest BCUT2D eigenvalue weighted by Crippen LogP contribution is 2.24. The molecule has 0 fully saturated rings. The SMILES string of the molecule is CCCN1CC=C(c2cccc([S+](C)[O-])c2)CC1. The summed E-state index contributed by atoms with van der Waals surface area (Å²) in [4.78, 5) is 3.40. The summed E-state index contributed by atoms with van der Waals surface area (Å²) in [5.41, 5.74) is 2.63. The standard InChI is InChI=1S/C15H21NOS/c1-3-9-16-10-7-13(8-11-16)14-5-4-6-15(12-14)18(2)17/h4-7,12H,3,8-11H2,1-2H3. The summed E-state index contributed by atoms with van der Waals surface area (Å²) in [5, 5.41) is 0. The molecule has 1 unspecified atom stereocenters. The van der Waals surface area contributed by atoms with Crippen molar-refractivity contribution in [3.05, 3.63) is 35.9 Å². The molecule has 0 aromatic heterocycles. The molecule has 1 aromatic carbocycles. The zero-order chi connectivity index (χ0) is 13.0. The maximum Gasteiger partial charge on any atom is 0.153 e. The normalized spacial score (nSPS) is 18.5. The number of rotatable bonds is 4. The third-order valence-corrected chi connectivity index (χ3v) is 4.29. The second kappa shape index (κ2) is 6.41. The number of hydrogen-bond donors (Lipinski definition) is 0. The Hall–Kier alpha value is -0.770. The van der Waals surface area contributed by atoms with Crippen LogP contribution in [0.15, 0.2) is 35.2 Å². The van der Waals surface area contributed by atoms with Crippen LogP contribution in [0.5, 0.6) is 0 Å². The van der Waals surface area contributed by atoms with Crippen molar-refractivity contribution in [1.82, 2.24) is 4.90 Å². The van der Waals surface area contributed by atoms with Gasteiger partial charge in [0.05, 0.1) is 0 Å². The molecule has 2 nitrogen and oxygen atoms in total. The van der Waals surface area contributed by atoms with Crippen LogP contribution in [-0.4, -0.2) is 35.3 Å². The van der Waals surface area contributed by atoms with Crippen LogP contribution in [0, 0.1) is 0 Å². The average Bonchev–Trinajstić information content (AvgIpc) is 2.40. The summed E-state index contributed by atoms with van der Waals surface area (Å²) in [7, 11) is 0. The minimum Gasteiger partial charge on any atom is -0.612 e. The molecule has 1 aliphatic heterocycles. The summed E-state index contributed by atoms with van der Waals surface area (Å²) in [5.74, 6) is 0. The van der Waals surface area contributed by atoms with Gasteiger partial charge in [0.2, 0.25) is 0 Å². The van der Waals surface area contributed by atoms with Crippen molar-refractivity contribution >= 4 is 16.7 Å². The molecular weight excluding hydrogens is 242 g/mol. The molecule has 0 bridgehead atoms. The van der Waals surface area contributed by atoms with Crippen LogP contribution in [0.25, 0.3) is 5.57 Å². The van der Waals surface area contributed by atoms with E-state index in [0.717, 1.165) is 24.4 Å². The van der Waals surface area contributed by atoms with Gasteiger partial charge >= 0.3 is 0 Å². The smallest absolute Gasteiger partial charge is 0.153 e. The second-order valence-electron chi connectivity index (χ2n) is 4.76. The molecule has 2 rings (SSSR count). The second-order valence-corrected chi connectivity index (χ2v) is 6.14.